The lowest BCUT2D eigenvalue weighted by Crippen LogP contribution is -2.56. The van der Waals surface area contributed by atoms with Gasteiger partial charge in [-0.3, -0.25) is 14.5 Å². The van der Waals surface area contributed by atoms with Gasteiger partial charge in [-0.1, -0.05) is 25.3 Å². The van der Waals surface area contributed by atoms with Gasteiger partial charge in [0.15, 0.2) is 0 Å². The summed E-state index contributed by atoms with van der Waals surface area (Å²) >= 11 is 0. The van der Waals surface area contributed by atoms with Gasteiger partial charge in [0, 0.05) is 11.7 Å². The van der Waals surface area contributed by atoms with E-state index in [9.17, 15) is 27.6 Å². The molecule has 0 aromatic heterocycles. The Morgan fingerprint density at radius 3 is 2.31 bits per heavy atom. The number of carbonyl (C=O) groups excluding carboxylic acids is 3. The van der Waals surface area contributed by atoms with Crippen LogP contribution in [0.15, 0.2) is 24.3 Å². The highest BCUT2D eigenvalue weighted by molar-refractivity contribution is 6.00. The van der Waals surface area contributed by atoms with E-state index in [4.69, 9.17) is 10.5 Å². The van der Waals surface area contributed by atoms with E-state index in [-0.39, 0.29) is 30.6 Å². The zero-order valence-corrected chi connectivity index (χ0v) is 21.1. The van der Waals surface area contributed by atoms with E-state index >= 15 is 0 Å². The normalized spacial score (nSPS) is 22.2. The van der Waals surface area contributed by atoms with Crippen molar-refractivity contribution in [3.05, 3.63) is 29.8 Å². The number of likely N-dealkylation sites (tertiary alicyclic amines) is 1. The first-order chi connectivity index (χ1) is 16.8. The summed E-state index contributed by atoms with van der Waals surface area (Å²) in [5.41, 5.74) is 3.82. The van der Waals surface area contributed by atoms with E-state index in [0.29, 0.717) is 12.8 Å². The number of rotatable bonds is 5. The molecule has 1 aliphatic carbocycles. The van der Waals surface area contributed by atoms with Gasteiger partial charge in [0.2, 0.25) is 5.91 Å². The lowest BCUT2D eigenvalue weighted by Gasteiger charge is -2.39. The highest BCUT2D eigenvalue weighted by Crippen LogP contribution is 2.37. The molecule has 200 valence electrons. The first-order valence-electron chi connectivity index (χ1n) is 12.6. The largest absolute Gasteiger partial charge is 0.459 e. The van der Waals surface area contributed by atoms with E-state index < -0.39 is 41.3 Å². The maximum Gasteiger partial charge on any atom is 0.416 e. The van der Waals surface area contributed by atoms with Crippen LogP contribution in [0.3, 0.4) is 0 Å². The quantitative estimate of drug-likeness (QED) is 0.546. The second-order valence-electron chi connectivity index (χ2n) is 10.7. The van der Waals surface area contributed by atoms with E-state index in [0.717, 1.165) is 49.1 Å². The molecule has 2 fully saturated rings. The predicted octanol–water partition coefficient (Wildman–Crippen LogP) is 5.26. The molecule has 1 saturated carbocycles. The third kappa shape index (κ3) is 6.91. The minimum atomic E-state index is -4.62. The molecule has 0 spiro atoms. The summed E-state index contributed by atoms with van der Waals surface area (Å²) in [7, 11) is 0. The fourth-order valence-corrected chi connectivity index (χ4v) is 5.40. The van der Waals surface area contributed by atoms with Gasteiger partial charge in [-0.15, -0.1) is 0 Å². The Balaban J connectivity index is 1.97. The van der Waals surface area contributed by atoms with Crippen LogP contribution in [-0.2, 0) is 20.5 Å². The second-order valence-corrected chi connectivity index (χ2v) is 10.7. The van der Waals surface area contributed by atoms with Crippen LogP contribution in [0, 0.1) is 5.92 Å². The molecule has 2 unspecified atom stereocenters. The molecule has 1 aromatic carbocycles. The fraction of sp³-hybridized carbons (Fsp3) is 0.654. The standard InChI is InChI=1S/C26H36F3N3O4/c1-25(2,3)36-22(33)16-31-20(17-9-5-4-6-10-17)13-8-14-21(23(31)34)32(24(30)35)19-12-7-11-18(15-19)26(27,28)29/h7,11-12,15,17,20-21H,4-6,8-10,13-14,16H2,1-3H3,(H2,30,35). The number of urea groups is 1. The lowest BCUT2D eigenvalue weighted by molar-refractivity contribution is -0.160. The van der Waals surface area contributed by atoms with Crippen molar-refractivity contribution in [2.45, 2.75) is 96.0 Å². The second kappa shape index (κ2) is 11.1. The van der Waals surface area contributed by atoms with E-state index in [1.165, 1.54) is 17.0 Å². The van der Waals surface area contributed by atoms with Gasteiger partial charge in [0.05, 0.1) is 5.56 Å². The van der Waals surface area contributed by atoms with Gasteiger partial charge in [0.25, 0.3) is 0 Å². The van der Waals surface area contributed by atoms with Gasteiger partial charge in [0.1, 0.15) is 18.2 Å². The van der Waals surface area contributed by atoms with Crippen LogP contribution >= 0.6 is 0 Å². The number of carbonyl (C=O) groups is 3. The van der Waals surface area contributed by atoms with Crippen LogP contribution in [0.2, 0.25) is 0 Å². The summed E-state index contributed by atoms with van der Waals surface area (Å²) in [6.45, 7) is 4.92. The number of anilines is 1. The van der Waals surface area contributed by atoms with Gasteiger partial charge in [-0.25, -0.2) is 4.79 Å². The molecule has 1 aromatic rings. The molecule has 10 heteroatoms. The molecule has 1 aliphatic heterocycles. The molecular formula is C26H36F3N3O4. The number of benzene rings is 1. The predicted molar refractivity (Wildman–Crippen MR) is 129 cm³/mol. The van der Waals surface area contributed by atoms with E-state index in [1.54, 1.807) is 20.8 Å². The average molecular weight is 512 g/mol. The van der Waals surface area contributed by atoms with Crippen molar-refractivity contribution < 1.29 is 32.3 Å². The Hall–Kier alpha value is -2.78. The summed E-state index contributed by atoms with van der Waals surface area (Å²) in [5, 5.41) is 0. The first-order valence-corrected chi connectivity index (χ1v) is 12.6. The van der Waals surface area contributed by atoms with Crippen LogP contribution in [0.4, 0.5) is 23.7 Å². The molecule has 36 heavy (non-hydrogen) atoms. The van der Waals surface area contributed by atoms with Crippen molar-refractivity contribution in [2.24, 2.45) is 11.7 Å². The maximum atomic E-state index is 13.9. The number of alkyl halides is 3. The molecule has 0 bridgehead atoms. The van der Waals surface area contributed by atoms with Crippen molar-refractivity contribution in [3.8, 4) is 0 Å². The molecule has 1 saturated heterocycles. The van der Waals surface area contributed by atoms with Crippen molar-refractivity contribution in [1.82, 2.24) is 4.90 Å². The highest BCUT2D eigenvalue weighted by Gasteiger charge is 2.42. The number of nitrogens with zero attached hydrogens (tertiary/aromatic N) is 2. The zero-order valence-electron chi connectivity index (χ0n) is 21.1. The van der Waals surface area contributed by atoms with Gasteiger partial charge in [-0.05, 0) is 77.0 Å². The average Bonchev–Trinajstić information content (AvgIpc) is 2.92. The monoisotopic (exact) mass is 511 g/mol. The van der Waals surface area contributed by atoms with Crippen LogP contribution in [0.5, 0.6) is 0 Å². The van der Waals surface area contributed by atoms with E-state index in [1.807, 2.05) is 0 Å². The maximum absolute atomic E-state index is 13.9. The molecule has 3 rings (SSSR count). The molecule has 0 radical (unpaired) electrons. The minimum Gasteiger partial charge on any atom is -0.459 e. The summed E-state index contributed by atoms with van der Waals surface area (Å²) in [5.74, 6) is -0.855. The summed E-state index contributed by atoms with van der Waals surface area (Å²) in [6.07, 6.45) is 1.86. The zero-order chi connectivity index (χ0) is 26.7. The smallest absolute Gasteiger partial charge is 0.416 e. The molecule has 1 heterocycles. The molecule has 3 amide bonds. The Morgan fingerprint density at radius 1 is 1.06 bits per heavy atom. The molecule has 2 atom stereocenters. The third-order valence-electron chi connectivity index (χ3n) is 6.86. The van der Waals surface area contributed by atoms with Crippen molar-refractivity contribution >= 4 is 23.6 Å². The Bertz CT molecular complexity index is 954. The Kier molecular flexibility index (Phi) is 8.56. The molecule has 7 nitrogen and oxygen atoms in total. The van der Waals surface area contributed by atoms with Gasteiger partial charge < -0.3 is 15.4 Å². The van der Waals surface area contributed by atoms with Gasteiger partial charge >= 0.3 is 18.2 Å². The first kappa shape index (κ1) is 27.8. The van der Waals surface area contributed by atoms with Crippen LogP contribution in [0.25, 0.3) is 0 Å². The SMILES string of the molecule is CC(C)(C)OC(=O)CN1C(=O)C(N(C(N)=O)c2cccc(C(F)(F)F)c2)CCCC1C1CCCCC1. The lowest BCUT2D eigenvalue weighted by atomic mass is 9.81. The fourth-order valence-electron chi connectivity index (χ4n) is 5.40. The van der Waals surface area contributed by atoms with Crippen molar-refractivity contribution in [1.29, 1.82) is 0 Å². The van der Waals surface area contributed by atoms with Crippen molar-refractivity contribution in [3.63, 3.8) is 0 Å². The summed E-state index contributed by atoms with van der Waals surface area (Å²) in [6, 6.07) is 1.85. The number of esters is 1. The highest BCUT2D eigenvalue weighted by atomic mass is 19.4. The molecule has 2 aliphatic rings. The van der Waals surface area contributed by atoms with E-state index in [2.05, 4.69) is 0 Å². The van der Waals surface area contributed by atoms with Crippen LogP contribution in [-0.4, -0.2) is 47.0 Å². The summed E-state index contributed by atoms with van der Waals surface area (Å²) < 4.78 is 45.5. The summed E-state index contributed by atoms with van der Waals surface area (Å²) in [4.78, 5) is 41.7. The van der Waals surface area contributed by atoms with Crippen molar-refractivity contribution in [2.75, 3.05) is 11.4 Å². The number of amides is 3. The number of ether oxygens (including phenoxy) is 1. The van der Waals surface area contributed by atoms with Crippen LogP contribution < -0.4 is 10.6 Å². The third-order valence-corrected chi connectivity index (χ3v) is 6.86. The molecule has 2 N–H and O–H groups in total. The van der Waals surface area contributed by atoms with Crippen LogP contribution in [0.1, 0.15) is 77.7 Å². The topological polar surface area (TPSA) is 92.9 Å². The number of hydrogen-bond acceptors (Lipinski definition) is 4. The van der Waals surface area contributed by atoms with Gasteiger partial charge in [-0.2, -0.15) is 13.2 Å². The molecular weight excluding hydrogens is 475 g/mol. The Morgan fingerprint density at radius 2 is 1.72 bits per heavy atom. The number of halogens is 3. The number of nitrogens with two attached hydrogens (primary N) is 1. The minimum absolute atomic E-state index is 0.107. The number of hydrogen-bond donors (Lipinski definition) is 1. The Labute approximate surface area is 210 Å². The number of primary amides is 1.